The molecule has 2 heterocycles. The van der Waals surface area contributed by atoms with E-state index in [1.54, 1.807) is 0 Å². The second-order valence-electron chi connectivity index (χ2n) is 6.73. The lowest BCUT2D eigenvalue weighted by molar-refractivity contribution is -0.130. The Bertz CT molecular complexity index is 690. The number of carbonyl (C=O) groups is 1. The van der Waals surface area contributed by atoms with Gasteiger partial charge in [0.05, 0.1) is 5.75 Å². The number of hydrogen-bond acceptors (Lipinski definition) is 4. The number of carbonyl (C=O) groups excluding carboxylic acids is 1. The Hall–Kier alpha value is -1.82. The van der Waals surface area contributed by atoms with Crippen LogP contribution in [0.2, 0.25) is 0 Å². The molecule has 0 N–H and O–H groups in total. The summed E-state index contributed by atoms with van der Waals surface area (Å²) in [5.74, 6) is 2.59. The Morgan fingerprint density at radius 1 is 1.17 bits per heavy atom. The second-order valence-corrected chi connectivity index (χ2v) is 7.68. The van der Waals surface area contributed by atoms with Crippen LogP contribution in [-0.2, 0) is 4.79 Å². The highest BCUT2D eigenvalue weighted by molar-refractivity contribution is 7.99. The maximum Gasteiger partial charge on any atom is 0.233 e. The van der Waals surface area contributed by atoms with Gasteiger partial charge < -0.3 is 4.90 Å². The van der Waals surface area contributed by atoms with Gasteiger partial charge in [0.1, 0.15) is 5.82 Å². The number of piperidine rings is 1. The number of nitrogens with zero attached hydrogens (tertiary/aromatic N) is 4. The Kier molecular flexibility index (Phi) is 5.23. The van der Waals surface area contributed by atoms with Crippen molar-refractivity contribution >= 4 is 17.7 Å². The predicted molar refractivity (Wildman–Crippen MR) is 96.3 cm³/mol. The van der Waals surface area contributed by atoms with Crippen molar-refractivity contribution < 1.29 is 4.79 Å². The Morgan fingerprint density at radius 2 is 1.83 bits per heavy atom. The van der Waals surface area contributed by atoms with Gasteiger partial charge in [-0.2, -0.15) is 0 Å². The fourth-order valence-corrected chi connectivity index (χ4v) is 4.30. The van der Waals surface area contributed by atoms with Crippen LogP contribution >= 0.6 is 11.8 Å². The van der Waals surface area contributed by atoms with Gasteiger partial charge in [0.15, 0.2) is 5.16 Å². The van der Waals surface area contributed by atoms with Crippen molar-refractivity contribution in [3.05, 3.63) is 36.2 Å². The van der Waals surface area contributed by atoms with Crippen LogP contribution in [0.4, 0.5) is 0 Å². The molecule has 1 aromatic heterocycles. The second kappa shape index (κ2) is 7.38. The summed E-state index contributed by atoms with van der Waals surface area (Å²) >= 11 is 1.47. The third-order valence-electron chi connectivity index (χ3n) is 4.36. The average molecular weight is 344 g/mol. The zero-order valence-electron chi connectivity index (χ0n) is 14.5. The molecule has 24 heavy (non-hydrogen) atoms. The van der Waals surface area contributed by atoms with Gasteiger partial charge in [-0.1, -0.05) is 43.8 Å². The summed E-state index contributed by atoms with van der Waals surface area (Å²) in [6.45, 7) is 8.11. The number of rotatable bonds is 4. The monoisotopic (exact) mass is 344 g/mol. The summed E-state index contributed by atoms with van der Waals surface area (Å²) in [7, 11) is 0. The molecule has 0 aliphatic carbocycles. The van der Waals surface area contributed by atoms with E-state index in [0.717, 1.165) is 29.8 Å². The SMILES string of the molecule is Cc1nnc(SCC(=O)N2C[C@H](C)C[C@H](C)C2)n1-c1ccccc1. The van der Waals surface area contributed by atoms with E-state index in [1.807, 2.05) is 46.7 Å². The van der Waals surface area contributed by atoms with Crippen molar-refractivity contribution in [2.24, 2.45) is 11.8 Å². The van der Waals surface area contributed by atoms with Gasteiger partial charge in [-0.3, -0.25) is 9.36 Å². The molecule has 0 bridgehead atoms. The minimum Gasteiger partial charge on any atom is -0.341 e. The molecule has 1 amide bonds. The summed E-state index contributed by atoms with van der Waals surface area (Å²) in [5.41, 5.74) is 1.02. The van der Waals surface area contributed by atoms with Crippen LogP contribution < -0.4 is 0 Å². The summed E-state index contributed by atoms with van der Waals surface area (Å²) in [4.78, 5) is 14.6. The molecule has 1 aliphatic heterocycles. The summed E-state index contributed by atoms with van der Waals surface area (Å²) < 4.78 is 2.00. The van der Waals surface area contributed by atoms with E-state index >= 15 is 0 Å². The highest BCUT2D eigenvalue weighted by Gasteiger charge is 2.25. The Balaban J connectivity index is 1.68. The number of aryl methyl sites for hydroxylation is 1. The predicted octanol–water partition coefficient (Wildman–Crippen LogP) is 3.17. The van der Waals surface area contributed by atoms with E-state index in [1.165, 1.54) is 18.2 Å². The van der Waals surface area contributed by atoms with Gasteiger partial charge in [0.25, 0.3) is 0 Å². The number of likely N-dealkylation sites (tertiary alicyclic amines) is 1. The van der Waals surface area contributed by atoms with Gasteiger partial charge >= 0.3 is 0 Å². The van der Waals surface area contributed by atoms with Crippen molar-refractivity contribution in [3.8, 4) is 5.69 Å². The average Bonchev–Trinajstić information content (AvgIpc) is 2.93. The van der Waals surface area contributed by atoms with E-state index in [4.69, 9.17) is 0 Å². The zero-order chi connectivity index (χ0) is 17.1. The lowest BCUT2D eigenvalue weighted by atomic mass is 9.92. The third kappa shape index (κ3) is 3.80. The first-order valence-corrected chi connectivity index (χ1v) is 9.41. The van der Waals surface area contributed by atoms with Crippen LogP contribution in [0, 0.1) is 18.8 Å². The minimum absolute atomic E-state index is 0.193. The third-order valence-corrected chi connectivity index (χ3v) is 5.27. The van der Waals surface area contributed by atoms with E-state index in [2.05, 4.69) is 24.0 Å². The van der Waals surface area contributed by atoms with Crippen molar-refractivity contribution in [1.29, 1.82) is 0 Å². The van der Waals surface area contributed by atoms with Gasteiger partial charge in [-0.25, -0.2) is 0 Å². The lowest BCUT2D eigenvalue weighted by Crippen LogP contribution is -2.43. The number of thioether (sulfide) groups is 1. The Labute approximate surface area is 147 Å². The quantitative estimate of drug-likeness (QED) is 0.800. The first-order chi connectivity index (χ1) is 11.5. The standard InChI is InChI=1S/C18H24N4OS/c1-13-9-14(2)11-21(10-13)17(23)12-24-18-20-19-15(3)22(18)16-7-5-4-6-8-16/h4-8,13-14H,9-12H2,1-3H3/t13-,14+. The molecule has 0 radical (unpaired) electrons. The maximum atomic E-state index is 12.6. The molecule has 0 unspecified atom stereocenters. The fraction of sp³-hybridized carbons (Fsp3) is 0.500. The number of aromatic nitrogens is 3. The highest BCUT2D eigenvalue weighted by atomic mass is 32.2. The number of benzene rings is 1. The first-order valence-electron chi connectivity index (χ1n) is 8.42. The zero-order valence-corrected chi connectivity index (χ0v) is 15.3. The molecule has 0 spiro atoms. The van der Waals surface area contributed by atoms with Gasteiger partial charge in [-0.15, -0.1) is 10.2 Å². The van der Waals surface area contributed by atoms with Crippen LogP contribution in [-0.4, -0.2) is 44.4 Å². The smallest absolute Gasteiger partial charge is 0.233 e. The number of hydrogen-bond donors (Lipinski definition) is 0. The van der Waals surface area contributed by atoms with E-state index in [-0.39, 0.29) is 5.91 Å². The van der Waals surface area contributed by atoms with Crippen molar-refractivity contribution in [3.63, 3.8) is 0 Å². The molecular formula is C18H24N4OS. The maximum absolute atomic E-state index is 12.6. The van der Waals surface area contributed by atoms with Crippen LogP contribution in [0.25, 0.3) is 5.69 Å². The summed E-state index contributed by atoms with van der Waals surface area (Å²) in [5, 5.41) is 9.19. The molecule has 1 fully saturated rings. The van der Waals surface area contributed by atoms with Crippen molar-refractivity contribution in [1.82, 2.24) is 19.7 Å². The van der Waals surface area contributed by atoms with Crippen LogP contribution in [0.15, 0.2) is 35.5 Å². The number of amides is 1. The molecule has 1 aliphatic rings. The molecule has 2 atom stereocenters. The topological polar surface area (TPSA) is 51.0 Å². The summed E-state index contributed by atoms with van der Waals surface area (Å²) in [6.07, 6.45) is 1.21. The number of para-hydroxylation sites is 1. The molecule has 5 nitrogen and oxygen atoms in total. The molecule has 3 rings (SSSR count). The minimum atomic E-state index is 0.193. The van der Waals surface area contributed by atoms with Crippen LogP contribution in [0.1, 0.15) is 26.1 Å². The van der Waals surface area contributed by atoms with Crippen molar-refractivity contribution in [2.75, 3.05) is 18.8 Å². The highest BCUT2D eigenvalue weighted by Crippen LogP contribution is 2.24. The van der Waals surface area contributed by atoms with E-state index < -0.39 is 0 Å². The lowest BCUT2D eigenvalue weighted by Gasteiger charge is -2.34. The molecule has 2 aromatic rings. The molecule has 1 aromatic carbocycles. The summed E-state index contributed by atoms with van der Waals surface area (Å²) in [6, 6.07) is 10.0. The normalized spacial score (nSPS) is 21.0. The van der Waals surface area contributed by atoms with E-state index in [0.29, 0.717) is 17.6 Å². The van der Waals surface area contributed by atoms with Crippen molar-refractivity contribution in [2.45, 2.75) is 32.3 Å². The Morgan fingerprint density at radius 3 is 2.50 bits per heavy atom. The fourth-order valence-electron chi connectivity index (χ4n) is 3.39. The molecule has 6 heteroatoms. The molecule has 128 valence electrons. The molecule has 0 saturated carbocycles. The van der Waals surface area contributed by atoms with Crippen LogP contribution in [0.5, 0.6) is 0 Å². The van der Waals surface area contributed by atoms with Gasteiger partial charge in [0.2, 0.25) is 5.91 Å². The van der Waals surface area contributed by atoms with Gasteiger partial charge in [0, 0.05) is 18.8 Å². The largest absolute Gasteiger partial charge is 0.341 e. The van der Waals surface area contributed by atoms with Crippen LogP contribution in [0.3, 0.4) is 0 Å². The van der Waals surface area contributed by atoms with Gasteiger partial charge in [-0.05, 0) is 37.3 Å². The molecule has 1 saturated heterocycles. The van der Waals surface area contributed by atoms with E-state index in [9.17, 15) is 4.79 Å². The first kappa shape index (κ1) is 17.0. The molecular weight excluding hydrogens is 320 g/mol.